The Kier molecular flexibility index (Phi) is 4.99. The molecular weight excluding hydrogens is 288 g/mol. The molecule has 0 bridgehead atoms. The van der Waals surface area contributed by atoms with Crippen molar-refractivity contribution < 1.29 is 13.5 Å². The van der Waals surface area contributed by atoms with E-state index in [0.717, 1.165) is 6.42 Å². The molecule has 6 heteroatoms. The Morgan fingerprint density at radius 3 is 2.86 bits per heavy atom. The van der Waals surface area contributed by atoms with Crippen molar-refractivity contribution in [1.29, 1.82) is 0 Å². The third kappa shape index (κ3) is 3.62. The number of rotatable bonds is 3. The predicted octanol–water partition coefficient (Wildman–Crippen LogP) is 1.09. The molecule has 2 heterocycles. The van der Waals surface area contributed by atoms with Crippen LogP contribution in [0.2, 0.25) is 0 Å². The van der Waals surface area contributed by atoms with Crippen LogP contribution in [0.25, 0.3) is 0 Å². The number of aromatic nitrogens is 1. The highest BCUT2D eigenvalue weighted by atomic mass is 32.2. The molecule has 2 rings (SSSR count). The van der Waals surface area contributed by atoms with Crippen LogP contribution in [0.5, 0.6) is 0 Å². The Balaban J connectivity index is 2.24. The molecule has 1 saturated heterocycles. The van der Waals surface area contributed by atoms with E-state index in [4.69, 9.17) is 5.11 Å². The fourth-order valence-corrected chi connectivity index (χ4v) is 3.94. The summed E-state index contributed by atoms with van der Waals surface area (Å²) in [6.45, 7) is 5.09. The normalized spacial score (nSPS) is 19.5. The molecule has 0 aliphatic carbocycles. The van der Waals surface area contributed by atoms with Crippen LogP contribution < -0.4 is 0 Å². The zero-order valence-corrected chi connectivity index (χ0v) is 13.1. The summed E-state index contributed by atoms with van der Waals surface area (Å²) in [4.78, 5) is 4.10. The lowest BCUT2D eigenvalue weighted by molar-refractivity contribution is 0.350. The van der Waals surface area contributed by atoms with Crippen LogP contribution >= 0.6 is 0 Å². The maximum absolute atomic E-state index is 12.6. The topological polar surface area (TPSA) is 70.5 Å². The van der Waals surface area contributed by atoms with Crippen molar-refractivity contribution in [3.63, 3.8) is 0 Å². The number of sulfonamides is 1. The van der Waals surface area contributed by atoms with E-state index < -0.39 is 10.0 Å². The molecule has 1 aliphatic heterocycles. The Labute approximate surface area is 126 Å². The van der Waals surface area contributed by atoms with Gasteiger partial charge in [0.2, 0.25) is 10.0 Å². The first-order valence-corrected chi connectivity index (χ1v) is 8.44. The molecule has 0 spiro atoms. The summed E-state index contributed by atoms with van der Waals surface area (Å²) in [6.07, 6.45) is 3.74. The van der Waals surface area contributed by atoms with Crippen molar-refractivity contribution in [2.75, 3.05) is 19.7 Å². The molecule has 0 radical (unpaired) electrons. The molecule has 0 saturated carbocycles. The van der Waals surface area contributed by atoms with E-state index in [-0.39, 0.29) is 11.5 Å². The monoisotopic (exact) mass is 308 g/mol. The van der Waals surface area contributed by atoms with Crippen molar-refractivity contribution in [3.05, 3.63) is 24.0 Å². The van der Waals surface area contributed by atoms with Crippen molar-refractivity contribution in [2.24, 2.45) is 11.8 Å². The number of hydrogen-bond acceptors (Lipinski definition) is 4. The van der Waals surface area contributed by atoms with E-state index in [1.165, 1.54) is 22.8 Å². The molecule has 1 aliphatic rings. The van der Waals surface area contributed by atoms with Gasteiger partial charge in [0.05, 0.1) is 0 Å². The summed E-state index contributed by atoms with van der Waals surface area (Å²) >= 11 is 0. The van der Waals surface area contributed by atoms with Gasteiger partial charge in [-0.3, -0.25) is 4.98 Å². The molecule has 5 nitrogen and oxygen atoms in total. The van der Waals surface area contributed by atoms with Gasteiger partial charge in [-0.15, -0.1) is 0 Å². The minimum atomic E-state index is -3.51. The van der Waals surface area contributed by atoms with E-state index in [0.29, 0.717) is 30.5 Å². The lowest BCUT2D eigenvalue weighted by atomic mass is 9.96. The summed E-state index contributed by atoms with van der Waals surface area (Å²) < 4.78 is 26.8. The van der Waals surface area contributed by atoms with Crippen LogP contribution in [0.15, 0.2) is 23.4 Å². The Morgan fingerprint density at radius 2 is 2.24 bits per heavy atom. The first-order valence-electron chi connectivity index (χ1n) is 7.00. The Bertz CT molecular complexity index is 659. The predicted molar refractivity (Wildman–Crippen MR) is 79.9 cm³/mol. The van der Waals surface area contributed by atoms with Gasteiger partial charge in [0, 0.05) is 31.0 Å². The second kappa shape index (κ2) is 6.56. The van der Waals surface area contributed by atoms with Crippen LogP contribution in [-0.2, 0) is 10.0 Å². The third-order valence-electron chi connectivity index (χ3n) is 3.79. The van der Waals surface area contributed by atoms with Gasteiger partial charge >= 0.3 is 0 Å². The van der Waals surface area contributed by atoms with E-state index in [9.17, 15) is 8.42 Å². The maximum atomic E-state index is 12.6. The van der Waals surface area contributed by atoms with Gasteiger partial charge in [0.15, 0.2) is 0 Å². The highest BCUT2D eigenvalue weighted by Crippen LogP contribution is 2.28. The van der Waals surface area contributed by atoms with Crippen molar-refractivity contribution in [1.82, 2.24) is 9.29 Å². The van der Waals surface area contributed by atoms with Crippen molar-refractivity contribution in [3.8, 4) is 11.8 Å². The maximum Gasteiger partial charge on any atom is 0.244 e. The van der Waals surface area contributed by atoms with Crippen molar-refractivity contribution >= 4 is 10.0 Å². The van der Waals surface area contributed by atoms with Crippen LogP contribution in [0, 0.1) is 23.7 Å². The minimum Gasteiger partial charge on any atom is -0.384 e. The van der Waals surface area contributed by atoms with Crippen LogP contribution in [0.3, 0.4) is 0 Å². The zero-order valence-electron chi connectivity index (χ0n) is 12.3. The quantitative estimate of drug-likeness (QED) is 0.849. The molecule has 114 valence electrons. The molecule has 21 heavy (non-hydrogen) atoms. The van der Waals surface area contributed by atoms with Gasteiger partial charge in [0.25, 0.3) is 0 Å². The minimum absolute atomic E-state index is 0.164. The average molecular weight is 308 g/mol. The summed E-state index contributed by atoms with van der Waals surface area (Å²) in [6, 6.07) is 1.51. The molecule has 1 N–H and O–H groups in total. The fourth-order valence-electron chi connectivity index (χ4n) is 2.44. The summed E-state index contributed by atoms with van der Waals surface area (Å²) in [7, 11) is -3.51. The van der Waals surface area contributed by atoms with Crippen LogP contribution in [0.1, 0.15) is 25.8 Å². The molecule has 1 fully saturated rings. The van der Waals surface area contributed by atoms with E-state index >= 15 is 0 Å². The largest absolute Gasteiger partial charge is 0.384 e. The highest BCUT2D eigenvalue weighted by molar-refractivity contribution is 7.89. The molecule has 0 aromatic carbocycles. The second-order valence-electron chi connectivity index (χ2n) is 5.53. The van der Waals surface area contributed by atoms with Crippen LogP contribution in [0.4, 0.5) is 0 Å². The smallest absolute Gasteiger partial charge is 0.244 e. The standard InChI is InChI=1S/C15H20N2O3S/c1-12(2)14-5-6-17(11-14)21(19,20)15-8-13(4-3-7-18)9-16-10-15/h8-10,12,14,18H,5-7,11H2,1-2H3. The summed E-state index contributed by atoms with van der Waals surface area (Å²) in [5.74, 6) is 6.06. The molecule has 1 atom stereocenters. The summed E-state index contributed by atoms with van der Waals surface area (Å²) in [5, 5.41) is 8.69. The first kappa shape index (κ1) is 16.0. The highest BCUT2D eigenvalue weighted by Gasteiger charge is 2.33. The number of nitrogens with zero attached hydrogens (tertiary/aromatic N) is 2. The first-order chi connectivity index (χ1) is 9.95. The Hall–Kier alpha value is -1.42. The molecule has 1 aromatic heterocycles. The fraction of sp³-hybridized carbons (Fsp3) is 0.533. The van der Waals surface area contributed by atoms with Crippen molar-refractivity contribution in [2.45, 2.75) is 25.2 Å². The average Bonchev–Trinajstić information content (AvgIpc) is 2.96. The van der Waals surface area contributed by atoms with Gasteiger partial charge in [-0.05, 0) is 24.3 Å². The van der Waals surface area contributed by atoms with Gasteiger partial charge in [0.1, 0.15) is 11.5 Å². The third-order valence-corrected chi connectivity index (χ3v) is 5.62. The molecule has 0 amide bonds. The molecular formula is C15H20N2O3S. The molecule has 1 aromatic rings. The van der Waals surface area contributed by atoms with E-state index in [2.05, 4.69) is 30.7 Å². The van der Waals surface area contributed by atoms with Gasteiger partial charge in [-0.25, -0.2) is 8.42 Å². The van der Waals surface area contributed by atoms with Gasteiger partial charge in [-0.1, -0.05) is 25.7 Å². The Morgan fingerprint density at radius 1 is 1.48 bits per heavy atom. The lowest BCUT2D eigenvalue weighted by Crippen LogP contribution is -2.29. The number of aliphatic hydroxyl groups is 1. The second-order valence-corrected chi connectivity index (χ2v) is 7.46. The van der Waals surface area contributed by atoms with Gasteiger partial charge in [-0.2, -0.15) is 4.31 Å². The van der Waals surface area contributed by atoms with Gasteiger partial charge < -0.3 is 5.11 Å². The zero-order chi connectivity index (χ0) is 15.5. The number of aliphatic hydroxyl groups excluding tert-OH is 1. The SMILES string of the molecule is CC(C)C1CCN(S(=O)(=O)c2cncc(C#CCO)c2)C1. The van der Waals surface area contributed by atoms with Crippen LogP contribution in [-0.4, -0.2) is 42.5 Å². The van der Waals surface area contributed by atoms with E-state index in [1.807, 2.05) is 0 Å². The van der Waals surface area contributed by atoms with E-state index in [1.54, 1.807) is 0 Å². The number of pyridine rings is 1. The summed E-state index contributed by atoms with van der Waals surface area (Å²) in [5.41, 5.74) is 0.490. The lowest BCUT2D eigenvalue weighted by Gasteiger charge is -2.18. The number of hydrogen-bond donors (Lipinski definition) is 1. The molecule has 1 unspecified atom stereocenters.